The van der Waals surface area contributed by atoms with Gasteiger partial charge < -0.3 is 8.85 Å². The van der Waals surface area contributed by atoms with E-state index in [0.717, 1.165) is 0 Å². The average Bonchev–Trinajstić information content (AvgIpc) is 2.41. The summed E-state index contributed by atoms with van der Waals surface area (Å²) in [5.74, 6) is 0. The topological polar surface area (TPSA) is 18.5 Å². The Labute approximate surface area is 282 Å². The van der Waals surface area contributed by atoms with Crippen molar-refractivity contribution in [1.82, 2.24) is 0 Å². The molecule has 10 heteroatoms. The molecule has 0 aliphatic rings. The predicted molar refractivity (Wildman–Crippen MR) is 147 cm³/mol. The number of hydrogen-bond acceptors (Lipinski definition) is 2. The fourth-order valence-corrected chi connectivity index (χ4v) is 58.9. The summed E-state index contributed by atoms with van der Waals surface area (Å²) in [5.41, 5.74) is 0. The molecule has 0 radical (unpaired) electrons. The standard InChI is InChI=1S/C20H52O2Si6.2K/c1-21-27(13,14)19(23(3,4)5)25(9,10)17-18-26(11,12)20(24(6,7)8)28(15,16)22-2;;/h17-18H2,1-16H3;;/q-2;2*+1. The minimum Gasteiger partial charge on any atom is -0.452 e. The zero-order valence-electron chi connectivity index (χ0n) is 24.2. The van der Waals surface area contributed by atoms with Gasteiger partial charge in [0.2, 0.25) is 0 Å². The Morgan fingerprint density at radius 2 is 0.667 bits per heavy atom. The van der Waals surface area contributed by atoms with Gasteiger partial charge in [0, 0.05) is 30.9 Å². The maximum absolute atomic E-state index is 6.19. The van der Waals surface area contributed by atoms with E-state index in [-0.39, 0.29) is 103 Å². The van der Waals surface area contributed by atoms with E-state index in [1.807, 2.05) is 23.8 Å². The molecule has 0 fully saturated rings. The molecule has 0 spiro atoms. The van der Waals surface area contributed by atoms with Crippen LogP contribution in [-0.2, 0) is 8.85 Å². The molecule has 0 aliphatic carbocycles. The molecule has 0 saturated heterocycles. The largest absolute Gasteiger partial charge is 1.00 e. The third kappa shape index (κ3) is 11.3. The van der Waals surface area contributed by atoms with Crippen LogP contribution < -0.4 is 103 Å². The van der Waals surface area contributed by atoms with Crippen molar-refractivity contribution in [2.45, 2.75) is 104 Å². The van der Waals surface area contributed by atoms with E-state index >= 15 is 0 Å². The van der Waals surface area contributed by atoms with Gasteiger partial charge in [0.15, 0.2) is 0 Å². The van der Waals surface area contributed by atoms with Gasteiger partial charge in [-0.2, -0.15) is 0 Å². The molecule has 0 unspecified atom stereocenters. The van der Waals surface area contributed by atoms with E-state index in [9.17, 15) is 0 Å². The quantitative estimate of drug-likeness (QED) is 0.274. The van der Waals surface area contributed by atoms with E-state index in [4.69, 9.17) is 8.85 Å². The third-order valence-corrected chi connectivity index (χ3v) is 44.5. The van der Waals surface area contributed by atoms with Gasteiger partial charge >= 0.3 is 103 Å². The first-order chi connectivity index (χ1) is 12.1. The van der Waals surface area contributed by atoms with Crippen LogP contribution in [-0.4, -0.2) is 63.1 Å². The second-order valence-electron chi connectivity index (χ2n) is 12.9. The maximum atomic E-state index is 6.19. The van der Waals surface area contributed by atoms with Gasteiger partial charge in [0.05, 0.1) is 0 Å². The van der Waals surface area contributed by atoms with E-state index in [2.05, 4.69) is 91.7 Å². The van der Waals surface area contributed by atoms with Gasteiger partial charge in [-0.25, -0.2) is 0 Å². The van der Waals surface area contributed by atoms with Crippen LogP contribution in [0.2, 0.25) is 104 Å². The number of rotatable bonds is 11. The Bertz CT molecular complexity index is 468. The van der Waals surface area contributed by atoms with Crippen LogP contribution in [0.25, 0.3) is 0 Å². The molecule has 2 nitrogen and oxygen atoms in total. The summed E-state index contributed by atoms with van der Waals surface area (Å²) < 4.78 is 12.4. The molecule has 0 amide bonds. The van der Waals surface area contributed by atoms with Crippen molar-refractivity contribution in [3.05, 3.63) is 9.58 Å². The van der Waals surface area contributed by atoms with Gasteiger partial charge in [-0.05, 0) is 0 Å². The van der Waals surface area contributed by atoms with Gasteiger partial charge in [-0.1, -0.05) is 136 Å². The first kappa shape index (κ1) is 39.0. The van der Waals surface area contributed by atoms with Crippen LogP contribution in [0.1, 0.15) is 0 Å². The van der Waals surface area contributed by atoms with E-state index in [1.54, 1.807) is 0 Å². The molecule has 0 aromatic carbocycles. The second-order valence-corrected chi connectivity index (χ2v) is 43.3. The second kappa shape index (κ2) is 13.9. The summed E-state index contributed by atoms with van der Waals surface area (Å²) in [6, 6.07) is 2.85. The van der Waals surface area contributed by atoms with Gasteiger partial charge in [0.25, 0.3) is 0 Å². The zero-order chi connectivity index (χ0) is 23.0. The molecule has 0 aliphatic heterocycles. The summed E-state index contributed by atoms with van der Waals surface area (Å²) >= 11 is 0. The first-order valence-electron chi connectivity index (χ1n) is 10.9. The first-order valence-corrected chi connectivity index (χ1v) is 30.2. The molecular formula is C20H52K2O2Si6. The van der Waals surface area contributed by atoms with Crippen molar-refractivity contribution in [1.29, 1.82) is 0 Å². The summed E-state index contributed by atoms with van der Waals surface area (Å²) in [7, 11) is -5.26. The van der Waals surface area contributed by atoms with Crippen molar-refractivity contribution in [3.8, 4) is 0 Å². The molecule has 170 valence electrons. The van der Waals surface area contributed by atoms with Crippen LogP contribution in [0.4, 0.5) is 0 Å². The van der Waals surface area contributed by atoms with Gasteiger partial charge in [0.1, 0.15) is 0 Å². The zero-order valence-corrected chi connectivity index (χ0v) is 36.5. The molecule has 0 N–H and O–H groups in total. The van der Waals surface area contributed by atoms with Crippen LogP contribution in [0.3, 0.4) is 0 Å². The smallest absolute Gasteiger partial charge is 0.452 e. The van der Waals surface area contributed by atoms with Crippen molar-refractivity contribution < 1.29 is 112 Å². The molecule has 30 heavy (non-hydrogen) atoms. The average molecular weight is 571 g/mol. The van der Waals surface area contributed by atoms with Crippen LogP contribution in [0.5, 0.6) is 0 Å². The molecule has 0 saturated carbocycles. The van der Waals surface area contributed by atoms with E-state index in [1.165, 1.54) is 12.1 Å². The molecule has 0 aromatic rings. The van der Waals surface area contributed by atoms with E-state index in [0.29, 0.717) is 0 Å². The Kier molecular flexibility index (Phi) is 18.0. The fraction of sp³-hybridized carbons (Fsp3) is 0.900. The monoisotopic (exact) mass is 570 g/mol. The van der Waals surface area contributed by atoms with Crippen molar-refractivity contribution in [3.63, 3.8) is 0 Å². The fourth-order valence-electron chi connectivity index (χ4n) is 6.55. The van der Waals surface area contributed by atoms with E-state index < -0.39 is 48.9 Å². The number of hydrogen-bond donors (Lipinski definition) is 0. The molecule has 0 atom stereocenters. The molecule has 0 aromatic heterocycles. The normalized spacial score (nSPS) is 14.6. The SMILES string of the molecule is CO[Si](C)(C)[C-]([Si](C)(C)C)[Si](C)(C)CC[Si](C)(C)[C-]([Si](C)(C)C)[Si](C)(C)OC.[K+].[K+]. The van der Waals surface area contributed by atoms with Crippen molar-refractivity contribution >= 4 is 48.9 Å². The molecular weight excluding hydrogens is 519 g/mol. The Hall–Kier alpha value is 4.49. The van der Waals surface area contributed by atoms with Gasteiger partial charge in [-0.15, -0.1) is 0 Å². The summed E-state index contributed by atoms with van der Waals surface area (Å²) in [4.78, 5) is 3.88. The Morgan fingerprint density at radius 1 is 0.467 bits per heavy atom. The summed E-state index contributed by atoms with van der Waals surface area (Å²) in [6.45, 7) is 35.6. The molecule has 0 heterocycles. The molecule has 0 bridgehead atoms. The predicted octanol–water partition coefficient (Wildman–Crippen LogP) is 1.17. The maximum Gasteiger partial charge on any atom is 1.00 e. The minimum absolute atomic E-state index is 0. The van der Waals surface area contributed by atoms with Crippen LogP contribution >= 0.6 is 0 Å². The molecule has 0 rings (SSSR count). The van der Waals surface area contributed by atoms with Crippen LogP contribution in [0, 0.1) is 9.58 Å². The van der Waals surface area contributed by atoms with Crippen molar-refractivity contribution in [2.75, 3.05) is 14.2 Å². The third-order valence-electron chi connectivity index (χ3n) is 6.45. The minimum atomic E-state index is -1.74. The Balaban J connectivity index is -0.00000364. The van der Waals surface area contributed by atoms with Gasteiger partial charge in [-0.3, -0.25) is 9.58 Å². The summed E-state index contributed by atoms with van der Waals surface area (Å²) in [6.07, 6.45) is 0. The van der Waals surface area contributed by atoms with Crippen molar-refractivity contribution in [2.24, 2.45) is 0 Å². The summed E-state index contributed by atoms with van der Waals surface area (Å²) in [5, 5.41) is 0. The Morgan fingerprint density at radius 3 is 0.800 bits per heavy atom. The van der Waals surface area contributed by atoms with Crippen LogP contribution in [0.15, 0.2) is 0 Å².